The summed E-state index contributed by atoms with van der Waals surface area (Å²) in [5.41, 5.74) is 1.19. The van der Waals surface area contributed by atoms with Crippen LogP contribution >= 0.6 is 11.9 Å². The first-order valence-electron chi connectivity index (χ1n) is 4.68. The van der Waals surface area contributed by atoms with E-state index in [1.807, 2.05) is 31.2 Å². The van der Waals surface area contributed by atoms with Gasteiger partial charge in [-0.1, -0.05) is 17.7 Å². The maximum absolute atomic E-state index is 11.2. The van der Waals surface area contributed by atoms with E-state index in [0.29, 0.717) is 0 Å². The van der Waals surface area contributed by atoms with Gasteiger partial charge in [-0.2, -0.15) is 0 Å². The van der Waals surface area contributed by atoms with Crippen molar-refractivity contribution in [2.24, 2.45) is 0 Å². The fraction of sp³-hybridized carbons (Fsp3) is 0.273. The molecule has 0 aliphatic heterocycles. The Morgan fingerprint density at radius 3 is 2.67 bits per heavy atom. The molecule has 1 aromatic rings. The van der Waals surface area contributed by atoms with Crippen molar-refractivity contribution < 1.29 is 9.59 Å². The lowest BCUT2D eigenvalue weighted by atomic mass is 10.2. The first kappa shape index (κ1) is 11.8. The summed E-state index contributed by atoms with van der Waals surface area (Å²) in [7, 11) is 0. The number of rotatable bonds is 5. The minimum atomic E-state index is -0.118. The van der Waals surface area contributed by atoms with Gasteiger partial charge in [0.15, 0.2) is 0 Å². The van der Waals surface area contributed by atoms with Gasteiger partial charge < -0.3 is 4.79 Å². The number of hydrogen-bond acceptors (Lipinski definition) is 3. The van der Waals surface area contributed by atoms with Gasteiger partial charge in [-0.05, 0) is 31.0 Å². The SMILES string of the molecule is Cc1ccc(SNC(=O)CCC=O)cc1. The van der Waals surface area contributed by atoms with Crippen LogP contribution in [0.15, 0.2) is 29.2 Å². The van der Waals surface area contributed by atoms with E-state index in [4.69, 9.17) is 0 Å². The first-order chi connectivity index (χ1) is 7.22. The Balaban J connectivity index is 2.33. The van der Waals surface area contributed by atoms with Crippen molar-refractivity contribution in [1.29, 1.82) is 0 Å². The number of amides is 1. The zero-order chi connectivity index (χ0) is 11.1. The minimum absolute atomic E-state index is 0.118. The van der Waals surface area contributed by atoms with E-state index < -0.39 is 0 Å². The van der Waals surface area contributed by atoms with Crippen molar-refractivity contribution in [1.82, 2.24) is 4.72 Å². The Morgan fingerprint density at radius 2 is 2.07 bits per heavy atom. The third-order valence-corrected chi connectivity index (χ3v) is 2.63. The largest absolute Gasteiger partial charge is 0.303 e. The lowest BCUT2D eigenvalue weighted by Crippen LogP contribution is -2.14. The van der Waals surface area contributed by atoms with Crippen LogP contribution in [-0.4, -0.2) is 12.2 Å². The van der Waals surface area contributed by atoms with Gasteiger partial charge in [-0.25, -0.2) is 0 Å². The summed E-state index contributed by atoms with van der Waals surface area (Å²) in [6.45, 7) is 2.01. The number of carbonyl (C=O) groups excluding carboxylic acids is 2. The topological polar surface area (TPSA) is 46.2 Å². The molecule has 0 aliphatic carbocycles. The van der Waals surface area contributed by atoms with Crippen LogP contribution in [0.3, 0.4) is 0 Å². The van der Waals surface area contributed by atoms with Crippen molar-refractivity contribution in [3.8, 4) is 0 Å². The molecule has 1 aromatic carbocycles. The lowest BCUT2D eigenvalue weighted by molar-refractivity contribution is -0.120. The highest BCUT2D eigenvalue weighted by Crippen LogP contribution is 2.14. The van der Waals surface area contributed by atoms with Crippen molar-refractivity contribution in [2.45, 2.75) is 24.7 Å². The second-order valence-corrected chi connectivity index (χ2v) is 4.03. The van der Waals surface area contributed by atoms with Crippen LogP contribution < -0.4 is 4.72 Å². The molecular weight excluding hydrogens is 210 g/mol. The van der Waals surface area contributed by atoms with Crippen LogP contribution in [0.4, 0.5) is 0 Å². The normalized spacial score (nSPS) is 9.67. The average Bonchev–Trinajstić information content (AvgIpc) is 2.25. The van der Waals surface area contributed by atoms with Gasteiger partial charge in [0.25, 0.3) is 0 Å². The molecule has 80 valence electrons. The highest BCUT2D eigenvalue weighted by Gasteiger charge is 2.00. The molecule has 4 heteroatoms. The molecule has 0 aliphatic rings. The molecule has 1 N–H and O–H groups in total. The summed E-state index contributed by atoms with van der Waals surface area (Å²) in [4.78, 5) is 22.2. The third kappa shape index (κ3) is 4.65. The molecule has 0 bridgehead atoms. The molecule has 0 fully saturated rings. The van der Waals surface area contributed by atoms with E-state index in [-0.39, 0.29) is 18.7 Å². The van der Waals surface area contributed by atoms with Gasteiger partial charge in [0.1, 0.15) is 6.29 Å². The molecule has 15 heavy (non-hydrogen) atoms. The number of carbonyl (C=O) groups is 2. The van der Waals surface area contributed by atoms with Crippen molar-refractivity contribution in [2.75, 3.05) is 0 Å². The predicted molar refractivity (Wildman–Crippen MR) is 60.5 cm³/mol. The van der Waals surface area contributed by atoms with Crippen LogP contribution in [0.1, 0.15) is 18.4 Å². The number of aldehydes is 1. The second-order valence-electron chi connectivity index (χ2n) is 3.15. The Labute approximate surface area is 93.4 Å². The smallest absolute Gasteiger partial charge is 0.230 e. The number of aryl methyl sites for hydroxylation is 1. The molecule has 1 amide bonds. The number of hydrogen-bond donors (Lipinski definition) is 1. The van der Waals surface area contributed by atoms with Gasteiger partial charge in [0.05, 0.1) is 0 Å². The maximum atomic E-state index is 11.2. The Kier molecular flexibility index (Phi) is 4.90. The van der Waals surface area contributed by atoms with Gasteiger partial charge in [0, 0.05) is 17.7 Å². The fourth-order valence-corrected chi connectivity index (χ4v) is 1.57. The van der Waals surface area contributed by atoms with E-state index in [9.17, 15) is 9.59 Å². The molecule has 0 saturated heterocycles. The predicted octanol–water partition coefficient (Wildman–Crippen LogP) is 2.10. The van der Waals surface area contributed by atoms with Crippen LogP contribution in [0, 0.1) is 6.92 Å². The Bertz CT molecular complexity index is 335. The average molecular weight is 223 g/mol. The molecule has 0 heterocycles. The van der Waals surface area contributed by atoms with Crippen LogP contribution in [0.5, 0.6) is 0 Å². The summed E-state index contributed by atoms with van der Waals surface area (Å²) < 4.78 is 2.67. The zero-order valence-electron chi connectivity index (χ0n) is 8.53. The number of benzene rings is 1. The van der Waals surface area contributed by atoms with E-state index in [1.54, 1.807) is 0 Å². The van der Waals surface area contributed by atoms with E-state index in [1.165, 1.54) is 17.5 Å². The monoisotopic (exact) mass is 223 g/mol. The summed E-state index contributed by atoms with van der Waals surface area (Å²) in [5, 5.41) is 0. The van der Waals surface area contributed by atoms with Gasteiger partial charge in [-0.3, -0.25) is 9.52 Å². The van der Waals surface area contributed by atoms with Crippen molar-refractivity contribution in [3.05, 3.63) is 29.8 Å². The lowest BCUT2D eigenvalue weighted by Gasteiger charge is -2.02. The molecule has 0 aromatic heterocycles. The Hall–Kier alpha value is -1.29. The van der Waals surface area contributed by atoms with Crippen LogP contribution in [0.25, 0.3) is 0 Å². The van der Waals surface area contributed by atoms with Crippen LogP contribution in [0.2, 0.25) is 0 Å². The van der Waals surface area contributed by atoms with Gasteiger partial charge in [-0.15, -0.1) is 0 Å². The van der Waals surface area contributed by atoms with Crippen molar-refractivity contribution >= 4 is 24.1 Å². The number of nitrogens with one attached hydrogen (secondary N) is 1. The van der Waals surface area contributed by atoms with Gasteiger partial charge >= 0.3 is 0 Å². The summed E-state index contributed by atoms with van der Waals surface area (Å²) in [6, 6.07) is 7.86. The molecule has 0 atom stereocenters. The fourth-order valence-electron chi connectivity index (χ4n) is 0.963. The second kappa shape index (κ2) is 6.24. The molecule has 0 unspecified atom stereocenters. The summed E-state index contributed by atoms with van der Waals surface area (Å²) >= 11 is 1.27. The quantitative estimate of drug-likeness (QED) is 0.614. The van der Waals surface area contributed by atoms with Crippen LogP contribution in [-0.2, 0) is 9.59 Å². The Morgan fingerprint density at radius 1 is 1.40 bits per heavy atom. The van der Waals surface area contributed by atoms with E-state index in [0.717, 1.165) is 11.2 Å². The van der Waals surface area contributed by atoms with E-state index >= 15 is 0 Å². The standard InChI is InChI=1S/C11H13NO2S/c1-9-4-6-10(7-5-9)15-12-11(14)3-2-8-13/h4-8H,2-3H2,1H3,(H,12,14). The molecule has 0 saturated carbocycles. The molecule has 3 nitrogen and oxygen atoms in total. The molecule has 0 spiro atoms. The highest BCUT2D eigenvalue weighted by molar-refractivity contribution is 7.98. The molecule has 0 radical (unpaired) electrons. The first-order valence-corrected chi connectivity index (χ1v) is 5.50. The van der Waals surface area contributed by atoms with E-state index in [2.05, 4.69) is 4.72 Å². The van der Waals surface area contributed by atoms with Gasteiger partial charge in [0.2, 0.25) is 5.91 Å². The minimum Gasteiger partial charge on any atom is -0.303 e. The van der Waals surface area contributed by atoms with Crippen molar-refractivity contribution in [3.63, 3.8) is 0 Å². The highest BCUT2D eigenvalue weighted by atomic mass is 32.2. The zero-order valence-corrected chi connectivity index (χ0v) is 9.34. The summed E-state index contributed by atoms with van der Waals surface area (Å²) in [5.74, 6) is -0.118. The molecule has 1 rings (SSSR count). The third-order valence-electron chi connectivity index (χ3n) is 1.79. The maximum Gasteiger partial charge on any atom is 0.230 e. The summed E-state index contributed by atoms with van der Waals surface area (Å²) in [6.07, 6.45) is 1.28. The molecular formula is C11H13NO2S.